The van der Waals surface area contributed by atoms with Crippen molar-refractivity contribution in [2.45, 2.75) is 13.8 Å². The number of rotatable bonds is 3. The van der Waals surface area contributed by atoms with E-state index in [4.69, 9.17) is 27.6 Å². The molecular formula is C10H12Cl2O. The molecule has 3 heteroatoms. The second-order valence-electron chi connectivity index (χ2n) is 3.15. The van der Waals surface area contributed by atoms with Gasteiger partial charge in [0.2, 0.25) is 0 Å². The van der Waals surface area contributed by atoms with Gasteiger partial charge in [-0.05, 0) is 41.3 Å². The molecule has 72 valence electrons. The number of alkyl halides is 1. The van der Waals surface area contributed by atoms with Gasteiger partial charge < -0.3 is 4.42 Å². The molecule has 1 heterocycles. The minimum Gasteiger partial charge on any atom is -0.445 e. The molecule has 1 nitrogen and oxygen atoms in total. The van der Waals surface area contributed by atoms with Crippen LogP contribution in [0.1, 0.15) is 19.6 Å². The lowest BCUT2D eigenvalue weighted by Gasteiger charge is -2.05. The topological polar surface area (TPSA) is 13.1 Å². The molecule has 0 bridgehead atoms. The van der Waals surface area contributed by atoms with Crippen LogP contribution >= 0.6 is 23.2 Å². The van der Waals surface area contributed by atoms with Crippen LogP contribution in [0.25, 0.3) is 6.08 Å². The van der Waals surface area contributed by atoms with Crippen molar-refractivity contribution < 1.29 is 4.42 Å². The smallest absolute Gasteiger partial charge is 0.193 e. The van der Waals surface area contributed by atoms with Crippen LogP contribution in [0.4, 0.5) is 0 Å². The highest BCUT2D eigenvalue weighted by Crippen LogP contribution is 2.19. The zero-order valence-electron chi connectivity index (χ0n) is 7.68. The maximum Gasteiger partial charge on any atom is 0.193 e. The summed E-state index contributed by atoms with van der Waals surface area (Å²) < 4.78 is 5.20. The number of hydrogen-bond acceptors (Lipinski definition) is 1. The Morgan fingerprint density at radius 2 is 2.23 bits per heavy atom. The van der Waals surface area contributed by atoms with Gasteiger partial charge in [0.1, 0.15) is 5.76 Å². The first-order valence-electron chi connectivity index (χ1n) is 4.15. The Balaban J connectivity index is 2.84. The fourth-order valence-corrected chi connectivity index (χ4v) is 1.49. The molecule has 0 unspecified atom stereocenters. The van der Waals surface area contributed by atoms with E-state index < -0.39 is 0 Å². The first-order chi connectivity index (χ1) is 6.13. The molecule has 0 radical (unpaired) electrons. The number of allylic oxidation sites excluding steroid dienone is 1. The van der Waals surface area contributed by atoms with E-state index in [0.29, 0.717) is 17.0 Å². The Kier molecular flexibility index (Phi) is 3.89. The van der Waals surface area contributed by atoms with Gasteiger partial charge in [0.25, 0.3) is 0 Å². The van der Waals surface area contributed by atoms with Crippen LogP contribution in [-0.2, 0) is 0 Å². The van der Waals surface area contributed by atoms with Gasteiger partial charge in [-0.1, -0.05) is 13.8 Å². The van der Waals surface area contributed by atoms with Crippen LogP contribution in [-0.4, -0.2) is 5.88 Å². The Morgan fingerprint density at radius 1 is 1.54 bits per heavy atom. The molecule has 1 aromatic heterocycles. The van der Waals surface area contributed by atoms with Gasteiger partial charge in [-0.3, -0.25) is 0 Å². The molecule has 0 fully saturated rings. The first-order valence-corrected chi connectivity index (χ1v) is 5.06. The number of hydrogen-bond donors (Lipinski definition) is 0. The van der Waals surface area contributed by atoms with Gasteiger partial charge in [0.05, 0.1) is 0 Å². The van der Waals surface area contributed by atoms with Crippen molar-refractivity contribution in [3.05, 3.63) is 28.7 Å². The molecule has 1 rings (SSSR count). The molecule has 0 N–H and O–H groups in total. The summed E-state index contributed by atoms with van der Waals surface area (Å²) in [5, 5.41) is 0.406. The van der Waals surface area contributed by atoms with E-state index in [9.17, 15) is 0 Å². The van der Waals surface area contributed by atoms with Gasteiger partial charge in [-0.25, -0.2) is 0 Å². The molecule has 0 spiro atoms. The molecule has 1 aromatic rings. The molecule has 0 atom stereocenters. The van der Waals surface area contributed by atoms with E-state index in [1.165, 1.54) is 0 Å². The van der Waals surface area contributed by atoms with Crippen molar-refractivity contribution in [3.8, 4) is 0 Å². The SMILES string of the molecule is CC(C)C(=Cc1ccc(Cl)o1)CCl. The third kappa shape index (κ3) is 3.09. The van der Waals surface area contributed by atoms with E-state index in [-0.39, 0.29) is 0 Å². The van der Waals surface area contributed by atoms with Crippen molar-refractivity contribution in [1.29, 1.82) is 0 Å². The fourth-order valence-electron chi connectivity index (χ4n) is 0.948. The normalized spacial score (nSPS) is 12.5. The van der Waals surface area contributed by atoms with Crippen molar-refractivity contribution in [2.24, 2.45) is 5.92 Å². The molecule has 0 aliphatic rings. The fraction of sp³-hybridized carbons (Fsp3) is 0.400. The van der Waals surface area contributed by atoms with Crippen LogP contribution in [0.5, 0.6) is 0 Å². The monoisotopic (exact) mass is 218 g/mol. The third-order valence-electron chi connectivity index (χ3n) is 1.82. The summed E-state index contributed by atoms with van der Waals surface area (Å²) in [5.41, 5.74) is 1.15. The minimum absolute atomic E-state index is 0.406. The van der Waals surface area contributed by atoms with Gasteiger partial charge in [0, 0.05) is 5.88 Å². The Morgan fingerprint density at radius 3 is 2.62 bits per heavy atom. The number of halogens is 2. The lowest BCUT2D eigenvalue weighted by Crippen LogP contribution is -1.94. The summed E-state index contributed by atoms with van der Waals surface area (Å²) in [4.78, 5) is 0. The molecule has 0 saturated heterocycles. The van der Waals surface area contributed by atoms with Gasteiger partial charge >= 0.3 is 0 Å². The van der Waals surface area contributed by atoms with Gasteiger partial charge in [0.15, 0.2) is 5.22 Å². The second-order valence-corrected chi connectivity index (χ2v) is 3.79. The summed E-state index contributed by atoms with van der Waals surface area (Å²) in [7, 11) is 0. The van der Waals surface area contributed by atoms with Crippen LogP contribution in [0, 0.1) is 5.92 Å². The highest BCUT2D eigenvalue weighted by molar-refractivity contribution is 6.28. The highest BCUT2D eigenvalue weighted by atomic mass is 35.5. The highest BCUT2D eigenvalue weighted by Gasteiger charge is 2.03. The summed E-state index contributed by atoms with van der Waals surface area (Å²) in [5.74, 6) is 1.71. The predicted molar refractivity (Wildman–Crippen MR) is 57.3 cm³/mol. The zero-order chi connectivity index (χ0) is 9.84. The van der Waals surface area contributed by atoms with E-state index in [0.717, 1.165) is 11.3 Å². The Labute approximate surface area is 88.3 Å². The largest absolute Gasteiger partial charge is 0.445 e. The molecular weight excluding hydrogens is 207 g/mol. The minimum atomic E-state index is 0.406. The first kappa shape index (κ1) is 10.7. The van der Waals surface area contributed by atoms with Crippen LogP contribution in [0.15, 0.2) is 22.1 Å². The molecule has 13 heavy (non-hydrogen) atoms. The Hall–Kier alpha value is -0.400. The maximum absolute atomic E-state index is 5.78. The predicted octanol–water partition coefficient (Wildman–Crippen LogP) is 4.21. The van der Waals surface area contributed by atoms with E-state index in [2.05, 4.69) is 13.8 Å². The van der Waals surface area contributed by atoms with Gasteiger partial charge in [-0.2, -0.15) is 0 Å². The molecule has 0 aromatic carbocycles. The van der Waals surface area contributed by atoms with E-state index in [1.54, 1.807) is 6.07 Å². The summed E-state index contributed by atoms with van der Waals surface area (Å²) in [6.45, 7) is 4.19. The molecule has 0 saturated carbocycles. The van der Waals surface area contributed by atoms with E-state index in [1.807, 2.05) is 12.1 Å². The average molecular weight is 219 g/mol. The second kappa shape index (κ2) is 4.73. The summed E-state index contributed by atoms with van der Waals surface area (Å²) in [6.07, 6.45) is 1.93. The number of furan rings is 1. The van der Waals surface area contributed by atoms with E-state index >= 15 is 0 Å². The van der Waals surface area contributed by atoms with Crippen molar-refractivity contribution >= 4 is 29.3 Å². The lowest BCUT2D eigenvalue weighted by molar-refractivity contribution is 0.557. The van der Waals surface area contributed by atoms with Gasteiger partial charge in [-0.15, -0.1) is 11.6 Å². The average Bonchev–Trinajstić information content (AvgIpc) is 2.46. The maximum atomic E-state index is 5.78. The van der Waals surface area contributed by atoms with Crippen LogP contribution in [0.3, 0.4) is 0 Å². The molecule has 0 amide bonds. The zero-order valence-corrected chi connectivity index (χ0v) is 9.19. The lowest BCUT2D eigenvalue weighted by atomic mass is 10.0. The van der Waals surface area contributed by atoms with Crippen LogP contribution in [0.2, 0.25) is 5.22 Å². The molecule has 0 aliphatic carbocycles. The third-order valence-corrected chi connectivity index (χ3v) is 2.33. The summed E-state index contributed by atoms with van der Waals surface area (Å²) in [6, 6.07) is 3.55. The van der Waals surface area contributed by atoms with Crippen molar-refractivity contribution in [2.75, 3.05) is 5.88 Å². The van der Waals surface area contributed by atoms with Crippen molar-refractivity contribution in [3.63, 3.8) is 0 Å². The van der Waals surface area contributed by atoms with Crippen LogP contribution < -0.4 is 0 Å². The quantitative estimate of drug-likeness (QED) is 0.694. The standard InChI is InChI=1S/C10H12Cl2O/c1-7(2)8(6-11)5-9-3-4-10(12)13-9/h3-5,7H,6H2,1-2H3. The Bertz CT molecular complexity index is 300. The summed E-state index contributed by atoms with van der Waals surface area (Å²) >= 11 is 11.4. The van der Waals surface area contributed by atoms with Crippen molar-refractivity contribution in [1.82, 2.24) is 0 Å². The molecule has 0 aliphatic heterocycles.